The van der Waals surface area contributed by atoms with Gasteiger partial charge in [-0.1, -0.05) is 12.1 Å². The average molecular weight is 296 g/mol. The Morgan fingerprint density at radius 3 is 2.75 bits per heavy atom. The lowest BCUT2D eigenvalue weighted by Gasteiger charge is -2.07. The Kier molecular flexibility index (Phi) is 6.15. The van der Waals surface area contributed by atoms with Crippen molar-refractivity contribution in [2.24, 2.45) is 0 Å². The number of nitrogens with one attached hydrogen (secondary N) is 1. The van der Waals surface area contributed by atoms with Crippen LogP contribution in [-0.4, -0.2) is 27.5 Å². The Morgan fingerprint density at radius 1 is 1.40 bits per heavy atom. The molecule has 0 fully saturated rings. The molecule has 0 unspecified atom stereocenters. The zero-order chi connectivity index (χ0) is 15.0. The Morgan fingerprint density at radius 2 is 2.10 bits per heavy atom. The van der Waals surface area contributed by atoms with E-state index >= 15 is 0 Å². The average Bonchev–Trinajstić information content (AvgIpc) is 2.44. The quantitative estimate of drug-likeness (QED) is 0.602. The predicted octanol–water partition coefficient (Wildman–Crippen LogP) is 1.18. The topological polar surface area (TPSA) is 96.3 Å². The van der Waals surface area contributed by atoms with Crippen LogP contribution in [0.15, 0.2) is 29.2 Å². The van der Waals surface area contributed by atoms with Gasteiger partial charge in [0.05, 0.1) is 17.1 Å². The highest BCUT2D eigenvalue weighted by Crippen LogP contribution is 2.13. The third-order valence-electron chi connectivity index (χ3n) is 2.45. The van der Waals surface area contributed by atoms with Crippen LogP contribution in [0.2, 0.25) is 0 Å². The lowest BCUT2D eigenvalue weighted by Crippen LogP contribution is -2.26. The first-order valence-electron chi connectivity index (χ1n) is 6.15. The van der Waals surface area contributed by atoms with E-state index in [4.69, 9.17) is 10.00 Å². The zero-order valence-electron chi connectivity index (χ0n) is 11.1. The van der Waals surface area contributed by atoms with E-state index in [-0.39, 0.29) is 29.4 Å². The molecule has 0 aromatic heterocycles. The molecule has 108 valence electrons. The minimum atomic E-state index is -3.74. The number of esters is 1. The summed E-state index contributed by atoms with van der Waals surface area (Å²) in [4.78, 5) is 11.0. The fourth-order valence-corrected chi connectivity index (χ4v) is 2.77. The van der Waals surface area contributed by atoms with Crippen molar-refractivity contribution in [2.75, 3.05) is 13.2 Å². The second kappa shape index (κ2) is 7.62. The summed E-state index contributed by atoms with van der Waals surface area (Å²) in [6.07, 6.45) is 0.489. The molecule has 1 N–H and O–H groups in total. The predicted molar refractivity (Wildman–Crippen MR) is 72.2 cm³/mol. The maximum atomic E-state index is 12.0. The third-order valence-corrected chi connectivity index (χ3v) is 3.97. The number of hydrogen-bond acceptors (Lipinski definition) is 5. The van der Waals surface area contributed by atoms with Gasteiger partial charge in [-0.05, 0) is 25.5 Å². The monoisotopic (exact) mass is 296 g/mol. The van der Waals surface area contributed by atoms with Crippen molar-refractivity contribution in [1.82, 2.24) is 4.72 Å². The maximum Gasteiger partial charge on any atom is 0.305 e. The Balaban J connectivity index is 2.59. The van der Waals surface area contributed by atoms with Gasteiger partial charge >= 0.3 is 5.97 Å². The molecule has 7 heteroatoms. The highest BCUT2D eigenvalue weighted by Gasteiger charge is 2.17. The van der Waals surface area contributed by atoms with E-state index in [0.717, 1.165) is 0 Å². The lowest BCUT2D eigenvalue weighted by molar-refractivity contribution is -0.143. The van der Waals surface area contributed by atoms with Crippen LogP contribution < -0.4 is 4.72 Å². The van der Waals surface area contributed by atoms with Gasteiger partial charge in [0.25, 0.3) is 0 Å². The van der Waals surface area contributed by atoms with E-state index in [2.05, 4.69) is 4.72 Å². The third kappa shape index (κ3) is 4.64. The summed E-state index contributed by atoms with van der Waals surface area (Å²) in [5.74, 6) is -0.357. The number of nitriles is 1. The molecule has 0 saturated carbocycles. The number of hydrogen-bond donors (Lipinski definition) is 1. The van der Waals surface area contributed by atoms with Crippen LogP contribution in [0.25, 0.3) is 0 Å². The molecule has 0 radical (unpaired) electrons. The molecule has 0 heterocycles. The molecule has 0 aliphatic rings. The summed E-state index contributed by atoms with van der Waals surface area (Å²) in [6.45, 7) is 2.13. The standard InChI is InChI=1S/C13H16N2O4S/c1-2-19-13(16)8-5-9-15-20(17,18)12-7-4-3-6-11(12)10-14/h3-4,6-7,15H,2,5,8-9H2,1H3. The van der Waals surface area contributed by atoms with E-state index in [1.165, 1.54) is 12.1 Å². The van der Waals surface area contributed by atoms with E-state index in [1.807, 2.05) is 6.07 Å². The normalized spacial score (nSPS) is 10.8. The molecule has 0 aliphatic heterocycles. The molecule has 0 amide bonds. The van der Waals surface area contributed by atoms with E-state index in [1.54, 1.807) is 19.1 Å². The molecule has 0 bridgehead atoms. The minimum Gasteiger partial charge on any atom is -0.466 e. The van der Waals surface area contributed by atoms with Crippen LogP contribution in [-0.2, 0) is 19.6 Å². The molecule has 1 rings (SSSR count). The molecule has 20 heavy (non-hydrogen) atoms. The number of carbonyl (C=O) groups is 1. The number of rotatable bonds is 7. The summed E-state index contributed by atoms with van der Waals surface area (Å²) in [5.41, 5.74) is 0.0883. The van der Waals surface area contributed by atoms with Gasteiger partial charge in [0.1, 0.15) is 6.07 Å². The molecule has 1 aromatic rings. The van der Waals surface area contributed by atoms with E-state index in [0.29, 0.717) is 13.0 Å². The van der Waals surface area contributed by atoms with Crippen molar-refractivity contribution < 1.29 is 17.9 Å². The number of sulfonamides is 1. The first-order chi connectivity index (χ1) is 9.51. The zero-order valence-corrected chi connectivity index (χ0v) is 11.9. The van der Waals surface area contributed by atoms with Crippen molar-refractivity contribution in [3.8, 4) is 6.07 Å². The van der Waals surface area contributed by atoms with Crippen LogP contribution in [0.3, 0.4) is 0 Å². The van der Waals surface area contributed by atoms with Crippen LogP contribution in [0.1, 0.15) is 25.3 Å². The van der Waals surface area contributed by atoms with Crippen LogP contribution in [0.5, 0.6) is 0 Å². The Bertz CT molecular complexity index is 605. The van der Waals surface area contributed by atoms with Crippen molar-refractivity contribution >= 4 is 16.0 Å². The smallest absolute Gasteiger partial charge is 0.305 e. The van der Waals surface area contributed by atoms with Gasteiger partial charge in [-0.25, -0.2) is 13.1 Å². The van der Waals surface area contributed by atoms with Gasteiger partial charge < -0.3 is 4.74 Å². The maximum absolute atomic E-state index is 12.0. The fraction of sp³-hybridized carbons (Fsp3) is 0.385. The van der Waals surface area contributed by atoms with E-state index in [9.17, 15) is 13.2 Å². The van der Waals surface area contributed by atoms with Crippen molar-refractivity contribution in [3.63, 3.8) is 0 Å². The highest BCUT2D eigenvalue weighted by molar-refractivity contribution is 7.89. The minimum absolute atomic E-state index is 0.0568. The molecule has 0 saturated heterocycles. The number of nitrogens with zero attached hydrogens (tertiary/aromatic N) is 1. The Hall–Kier alpha value is -1.91. The van der Waals surface area contributed by atoms with Gasteiger partial charge in [0, 0.05) is 13.0 Å². The first-order valence-corrected chi connectivity index (χ1v) is 7.64. The van der Waals surface area contributed by atoms with Crippen molar-refractivity contribution in [3.05, 3.63) is 29.8 Å². The van der Waals surface area contributed by atoms with Gasteiger partial charge in [0.2, 0.25) is 10.0 Å². The number of carbonyl (C=O) groups excluding carboxylic acids is 1. The lowest BCUT2D eigenvalue weighted by atomic mass is 10.2. The highest BCUT2D eigenvalue weighted by atomic mass is 32.2. The second-order valence-corrected chi connectivity index (χ2v) is 5.65. The summed E-state index contributed by atoms with van der Waals surface area (Å²) in [7, 11) is -3.74. The van der Waals surface area contributed by atoms with Crippen molar-refractivity contribution in [2.45, 2.75) is 24.7 Å². The van der Waals surface area contributed by atoms with Crippen LogP contribution in [0.4, 0.5) is 0 Å². The molecule has 1 aromatic carbocycles. The van der Waals surface area contributed by atoms with Crippen molar-refractivity contribution in [1.29, 1.82) is 5.26 Å². The van der Waals surface area contributed by atoms with E-state index < -0.39 is 10.0 Å². The largest absolute Gasteiger partial charge is 0.466 e. The summed E-state index contributed by atoms with van der Waals surface area (Å²) >= 11 is 0. The number of benzene rings is 1. The SMILES string of the molecule is CCOC(=O)CCCNS(=O)(=O)c1ccccc1C#N. The molecule has 0 atom stereocenters. The van der Waals surface area contributed by atoms with Gasteiger partial charge in [-0.2, -0.15) is 5.26 Å². The van der Waals surface area contributed by atoms with Crippen LogP contribution in [0, 0.1) is 11.3 Å². The molecule has 0 spiro atoms. The van der Waals surface area contributed by atoms with Gasteiger partial charge in [-0.3, -0.25) is 4.79 Å². The van der Waals surface area contributed by atoms with Gasteiger partial charge in [-0.15, -0.1) is 0 Å². The Labute approximate surface area is 118 Å². The second-order valence-electron chi connectivity index (χ2n) is 3.91. The fourth-order valence-electron chi connectivity index (χ4n) is 1.54. The molecule has 6 nitrogen and oxygen atoms in total. The van der Waals surface area contributed by atoms with Crippen LogP contribution >= 0.6 is 0 Å². The summed E-state index contributed by atoms with van der Waals surface area (Å²) in [6, 6.07) is 7.78. The number of ether oxygens (including phenoxy) is 1. The first kappa shape index (κ1) is 16.1. The summed E-state index contributed by atoms with van der Waals surface area (Å²) < 4.78 is 31.1. The molecule has 0 aliphatic carbocycles. The summed E-state index contributed by atoms with van der Waals surface area (Å²) in [5, 5.41) is 8.88. The van der Waals surface area contributed by atoms with Gasteiger partial charge in [0.15, 0.2) is 0 Å². The molecular formula is C13H16N2O4S. The molecular weight excluding hydrogens is 280 g/mol.